The quantitative estimate of drug-likeness (QED) is 0.765. The van der Waals surface area contributed by atoms with Crippen molar-refractivity contribution in [2.45, 2.75) is 11.3 Å². The lowest BCUT2D eigenvalue weighted by Gasteiger charge is -2.12. The number of hydrogen-bond acceptors (Lipinski definition) is 5. The SMILES string of the molecule is Nc1c(F)ccc(S(=O)(=O)NCC2CCS(=O)(=O)C2)c1F. The van der Waals surface area contributed by atoms with Crippen molar-refractivity contribution in [3.8, 4) is 0 Å². The summed E-state index contributed by atoms with van der Waals surface area (Å²) < 4.78 is 75.3. The number of nitrogens with two attached hydrogens (primary N) is 1. The van der Waals surface area contributed by atoms with Gasteiger partial charge in [-0.2, -0.15) is 0 Å². The number of benzene rings is 1. The second-order valence-electron chi connectivity index (χ2n) is 4.89. The van der Waals surface area contributed by atoms with Gasteiger partial charge in [-0.3, -0.25) is 0 Å². The molecular formula is C11H14F2N2O4S2. The van der Waals surface area contributed by atoms with E-state index in [-0.39, 0.29) is 24.0 Å². The van der Waals surface area contributed by atoms with Gasteiger partial charge < -0.3 is 5.73 Å². The molecule has 0 spiro atoms. The average Bonchev–Trinajstić information content (AvgIpc) is 2.73. The van der Waals surface area contributed by atoms with E-state index in [2.05, 4.69) is 4.72 Å². The number of anilines is 1. The summed E-state index contributed by atoms with van der Waals surface area (Å²) in [5, 5.41) is 0. The third kappa shape index (κ3) is 3.50. The first kappa shape index (κ1) is 16.1. The Labute approximate surface area is 121 Å². The molecule has 1 fully saturated rings. The zero-order valence-electron chi connectivity index (χ0n) is 10.8. The first-order chi connectivity index (χ1) is 9.62. The van der Waals surface area contributed by atoms with E-state index < -0.39 is 42.1 Å². The zero-order chi connectivity index (χ0) is 15.8. The van der Waals surface area contributed by atoms with Crippen LogP contribution < -0.4 is 10.5 Å². The van der Waals surface area contributed by atoms with Gasteiger partial charge in [0.1, 0.15) is 16.4 Å². The first-order valence-corrected chi connectivity index (χ1v) is 9.36. The summed E-state index contributed by atoms with van der Waals surface area (Å²) in [6.45, 7) is -0.127. The normalized spacial score (nSPS) is 21.5. The fraction of sp³-hybridized carbons (Fsp3) is 0.455. The Kier molecular flexibility index (Phi) is 4.22. The molecule has 118 valence electrons. The molecule has 3 N–H and O–H groups in total. The van der Waals surface area contributed by atoms with Crippen LogP contribution in [0.15, 0.2) is 17.0 Å². The van der Waals surface area contributed by atoms with Crippen LogP contribution in [-0.2, 0) is 19.9 Å². The van der Waals surface area contributed by atoms with Crippen LogP contribution in [0.1, 0.15) is 6.42 Å². The summed E-state index contributed by atoms with van der Waals surface area (Å²) in [4.78, 5) is -0.762. The van der Waals surface area contributed by atoms with Gasteiger partial charge in [-0.25, -0.2) is 30.3 Å². The van der Waals surface area contributed by atoms with Crippen LogP contribution in [0, 0.1) is 17.6 Å². The lowest BCUT2D eigenvalue weighted by Crippen LogP contribution is -2.30. The summed E-state index contributed by atoms with van der Waals surface area (Å²) in [7, 11) is -7.35. The van der Waals surface area contributed by atoms with Gasteiger partial charge in [0.25, 0.3) is 0 Å². The fourth-order valence-electron chi connectivity index (χ4n) is 2.10. The Morgan fingerprint density at radius 1 is 1.33 bits per heavy atom. The minimum absolute atomic E-state index is 0.0112. The number of halogens is 2. The molecule has 1 heterocycles. The molecule has 1 atom stereocenters. The molecule has 1 aromatic rings. The lowest BCUT2D eigenvalue weighted by atomic mass is 10.1. The van der Waals surface area contributed by atoms with Crippen molar-refractivity contribution in [2.75, 3.05) is 23.8 Å². The van der Waals surface area contributed by atoms with E-state index in [1.807, 2.05) is 0 Å². The summed E-state index contributed by atoms with van der Waals surface area (Å²) in [6.07, 6.45) is 0.346. The monoisotopic (exact) mass is 340 g/mol. The van der Waals surface area contributed by atoms with Crippen LogP contribution in [0.25, 0.3) is 0 Å². The van der Waals surface area contributed by atoms with Crippen molar-refractivity contribution in [3.05, 3.63) is 23.8 Å². The van der Waals surface area contributed by atoms with Crippen molar-refractivity contribution < 1.29 is 25.6 Å². The third-order valence-electron chi connectivity index (χ3n) is 3.27. The third-order valence-corrected chi connectivity index (χ3v) is 6.55. The molecule has 0 radical (unpaired) electrons. The molecule has 6 nitrogen and oxygen atoms in total. The van der Waals surface area contributed by atoms with Crippen molar-refractivity contribution in [3.63, 3.8) is 0 Å². The Bertz CT molecular complexity index is 763. The van der Waals surface area contributed by atoms with Gasteiger partial charge >= 0.3 is 0 Å². The van der Waals surface area contributed by atoms with Gasteiger partial charge in [0, 0.05) is 6.54 Å². The van der Waals surface area contributed by atoms with Gasteiger partial charge in [-0.15, -0.1) is 0 Å². The second-order valence-corrected chi connectivity index (χ2v) is 8.86. The van der Waals surface area contributed by atoms with Gasteiger partial charge in [0.2, 0.25) is 10.0 Å². The number of hydrogen-bond donors (Lipinski definition) is 2. The molecule has 1 saturated heterocycles. The molecule has 2 rings (SSSR count). The molecule has 1 unspecified atom stereocenters. The molecule has 0 aliphatic carbocycles. The van der Waals surface area contributed by atoms with Gasteiger partial charge in [-0.1, -0.05) is 0 Å². The highest BCUT2D eigenvalue weighted by Gasteiger charge is 2.30. The standard InChI is InChI=1S/C11H14F2N2O4S2/c12-8-1-2-9(10(13)11(8)14)21(18,19)15-5-7-3-4-20(16,17)6-7/h1-2,7,15H,3-6,14H2. The first-order valence-electron chi connectivity index (χ1n) is 6.06. The second kappa shape index (κ2) is 5.50. The molecule has 1 aromatic carbocycles. The summed E-state index contributed by atoms with van der Waals surface area (Å²) in [5.74, 6) is -2.86. The van der Waals surface area contributed by atoms with Crippen LogP contribution in [-0.4, -0.2) is 34.9 Å². The van der Waals surface area contributed by atoms with Crippen LogP contribution in [0.5, 0.6) is 0 Å². The van der Waals surface area contributed by atoms with Gasteiger partial charge in [0.05, 0.1) is 11.5 Å². The van der Waals surface area contributed by atoms with Crippen LogP contribution in [0.3, 0.4) is 0 Å². The highest BCUT2D eigenvalue weighted by Crippen LogP contribution is 2.23. The van der Waals surface area contributed by atoms with Crippen LogP contribution in [0.4, 0.5) is 14.5 Å². The number of nitrogen functional groups attached to an aromatic ring is 1. The molecule has 0 saturated carbocycles. The van der Waals surface area contributed by atoms with E-state index in [1.54, 1.807) is 0 Å². The Morgan fingerprint density at radius 2 is 2.00 bits per heavy atom. The number of sulfone groups is 1. The average molecular weight is 340 g/mol. The van der Waals surface area contributed by atoms with Crippen molar-refractivity contribution >= 4 is 25.5 Å². The Balaban J connectivity index is 2.15. The molecule has 21 heavy (non-hydrogen) atoms. The summed E-state index contributed by atoms with van der Waals surface area (Å²) in [5.41, 5.74) is 4.24. The topological polar surface area (TPSA) is 106 Å². The fourth-order valence-corrected chi connectivity index (χ4v) is 5.16. The predicted octanol–water partition coefficient (Wildman–Crippen LogP) is 0.260. The Morgan fingerprint density at radius 3 is 2.57 bits per heavy atom. The molecule has 1 aliphatic rings. The number of nitrogens with one attached hydrogen (secondary N) is 1. The number of rotatable bonds is 4. The highest BCUT2D eigenvalue weighted by molar-refractivity contribution is 7.91. The summed E-state index contributed by atoms with van der Waals surface area (Å²) in [6, 6.07) is 1.53. The maximum atomic E-state index is 13.7. The highest BCUT2D eigenvalue weighted by atomic mass is 32.2. The number of sulfonamides is 1. The predicted molar refractivity (Wildman–Crippen MR) is 72.7 cm³/mol. The van der Waals surface area contributed by atoms with E-state index in [0.717, 1.165) is 12.1 Å². The molecular weight excluding hydrogens is 326 g/mol. The van der Waals surface area contributed by atoms with Gasteiger partial charge in [-0.05, 0) is 24.5 Å². The molecule has 0 bridgehead atoms. The van der Waals surface area contributed by atoms with Crippen molar-refractivity contribution in [1.82, 2.24) is 4.72 Å². The van der Waals surface area contributed by atoms with Crippen LogP contribution in [0.2, 0.25) is 0 Å². The molecule has 10 heteroatoms. The largest absolute Gasteiger partial charge is 0.394 e. The lowest BCUT2D eigenvalue weighted by molar-refractivity contribution is 0.529. The van der Waals surface area contributed by atoms with E-state index in [9.17, 15) is 25.6 Å². The van der Waals surface area contributed by atoms with Crippen molar-refractivity contribution in [1.29, 1.82) is 0 Å². The smallest absolute Gasteiger partial charge is 0.243 e. The van der Waals surface area contributed by atoms with E-state index >= 15 is 0 Å². The minimum atomic E-state index is -4.22. The van der Waals surface area contributed by atoms with Gasteiger partial charge in [0.15, 0.2) is 15.7 Å². The summed E-state index contributed by atoms with van der Waals surface area (Å²) >= 11 is 0. The molecule has 1 aliphatic heterocycles. The molecule has 0 aromatic heterocycles. The van der Waals surface area contributed by atoms with E-state index in [4.69, 9.17) is 5.73 Å². The van der Waals surface area contributed by atoms with Crippen molar-refractivity contribution in [2.24, 2.45) is 5.92 Å². The Hall–Kier alpha value is -1.26. The van der Waals surface area contributed by atoms with E-state index in [0.29, 0.717) is 6.42 Å². The zero-order valence-corrected chi connectivity index (χ0v) is 12.5. The minimum Gasteiger partial charge on any atom is -0.394 e. The maximum Gasteiger partial charge on any atom is 0.243 e. The van der Waals surface area contributed by atoms with E-state index in [1.165, 1.54) is 0 Å². The van der Waals surface area contributed by atoms with Crippen LogP contribution >= 0.6 is 0 Å². The molecule has 0 amide bonds. The maximum absolute atomic E-state index is 13.7.